The van der Waals surface area contributed by atoms with Crippen molar-refractivity contribution in [3.8, 4) is 0 Å². The van der Waals surface area contributed by atoms with Crippen LogP contribution in [0.1, 0.15) is 38.5 Å². The third kappa shape index (κ3) is 1.64. The molecule has 2 rings (SSSR count). The van der Waals surface area contributed by atoms with Crippen molar-refractivity contribution >= 4 is 23.8 Å². The van der Waals surface area contributed by atoms with Gasteiger partial charge in [0.15, 0.2) is 0 Å². The number of rotatable bonds is 2. The Kier molecular flexibility index (Phi) is 3.07. The van der Waals surface area contributed by atoms with E-state index in [1.54, 1.807) is 0 Å². The second-order valence-corrected chi connectivity index (χ2v) is 5.26. The monoisotopic (exact) mass is 269 g/mol. The SMILES string of the molecule is O=C1CC2(CCCCC2)C(C(=O)O)(C(=O)O)C(=O)N1. The lowest BCUT2D eigenvalue weighted by Gasteiger charge is -2.48. The van der Waals surface area contributed by atoms with E-state index in [0.29, 0.717) is 12.8 Å². The van der Waals surface area contributed by atoms with Crippen molar-refractivity contribution in [3.05, 3.63) is 0 Å². The van der Waals surface area contributed by atoms with Gasteiger partial charge in [0.25, 0.3) is 5.91 Å². The lowest BCUT2D eigenvalue weighted by atomic mass is 9.53. The van der Waals surface area contributed by atoms with Crippen LogP contribution in [0.4, 0.5) is 0 Å². The summed E-state index contributed by atoms with van der Waals surface area (Å²) in [5, 5.41) is 20.6. The highest BCUT2D eigenvalue weighted by molar-refractivity contribution is 6.24. The number of carbonyl (C=O) groups excluding carboxylic acids is 2. The van der Waals surface area contributed by atoms with Gasteiger partial charge in [0.05, 0.1) is 0 Å². The zero-order valence-electron chi connectivity index (χ0n) is 10.3. The highest BCUT2D eigenvalue weighted by Crippen LogP contribution is 2.54. The number of carbonyl (C=O) groups is 4. The molecule has 1 saturated heterocycles. The highest BCUT2D eigenvalue weighted by Gasteiger charge is 2.70. The van der Waals surface area contributed by atoms with Crippen molar-refractivity contribution < 1.29 is 29.4 Å². The number of imide groups is 1. The Balaban J connectivity index is 2.62. The van der Waals surface area contributed by atoms with Crippen LogP contribution >= 0.6 is 0 Å². The first-order valence-electron chi connectivity index (χ1n) is 6.18. The normalized spacial score (nSPS) is 24.8. The summed E-state index contributed by atoms with van der Waals surface area (Å²) in [7, 11) is 0. The zero-order valence-corrected chi connectivity index (χ0v) is 10.3. The van der Waals surface area contributed by atoms with Crippen LogP contribution in [0.15, 0.2) is 0 Å². The van der Waals surface area contributed by atoms with E-state index in [2.05, 4.69) is 0 Å². The first kappa shape index (κ1) is 13.5. The number of hydrogen-bond acceptors (Lipinski definition) is 4. The van der Waals surface area contributed by atoms with Crippen molar-refractivity contribution in [1.29, 1.82) is 0 Å². The van der Waals surface area contributed by atoms with E-state index >= 15 is 0 Å². The molecule has 0 radical (unpaired) electrons. The number of carboxylic acid groups (broad SMARTS) is 2. The Morgan fingerprint density at radius 2 is 1.53 bits per heavy atom. The second kappa shape index (κ2) is 4.32. The maximum Gasteiger partial charge on any atom is 0.331 e. The molecule has 1 aliphatic carbocycles. The van der Waals surface area contributed by atoms with Crippen LogP contribution < -0.4 is 5.32 Å². The van der Waals surface area contributed by atoms with Crippen LogP contribution in [-0.4, -0.2) is 34.0 Å². The Bertz CT molecular complexity index is 449. The van der Waals surface area contributed by atoms with Crippen molar-refractivity contribution in [3.63, 3.8) is 0 Å². The predicted molar refractivity (Wildman–Crippen MR) is 61.0 cm³/mol. The average Bonchev–Trinajstić information content (AvgIpc) is 2.27. The maximum absolute atomic E-state index is 12.0. The first-order valence-corrected chi connectivity index (χ1v) is 6.18. The summed E-state index contributed by atoms with van der Waals surface area (Å²) in [6, 6.07) is 0. The number of amides is 2. The molecule has 19 heavy (non-hydrogen) atoms. The van der Waals surface area contributed by atoms with Gasteiger partial charge in [0.1, 0.15) is 0 Å². The van der Waals surface area contributed by atoms with Gasteiger partial charge in [-0.3, -0.25) is 24.5 Å². The van der Waals surface area contributed by atoms with Gasteiger partial charge in [-0.1, -0.05) is 19.3 Å². The third-order valence-corrected chi connectivity index (χ3v) is 4.34. The van der Waals surface area contributed by atoms with Gasteiger partial charge in [0.2, 0.25) is 11.3 Å². The largest absolute Gasteiger partial charge is 0.480 e. The molecule has 2 fully saturated rings. The second-order valence-electron chi connectivity index (χ2n) is 5.26. The molecule has 2 aliphatic rings. The summed E-state index contributed by atoms with van der Waals surface area (Å²) in [4.78, 5) is 46.7. The molecule has 1 aliphatic heterocycles. The fraction of sp³-hybridized carbons (Fsp3) is 0.667. The van der Waals surface area contributed by atoms with Crippen LogP contribution in [-0.2, 0) is 19.2 Å². The van der Waals surface area contributed by atoms with E-state index in [1.807, 2.05) is 5.32 Å². The van der Waals surface area contributed by atoms with Crippen molar-refractivity contribution in [2.24, 2.45) is 10.8 Å². The minimum absolute atomic E-state index is 0.225. The van der Waals surface area contributed by atoms with E-state index in [4.69, 9.17) is 0 Å². The zero-order chi connectivity index (χ0) is 14.3. The summed E-state index contributed by atoms with van der Waals surface area (Å²) in [6.45, 7) is 0. The molecular weight excluding hydrogens is 254 g/mol. The molecule has 1 spiro atoms. The molecule has 1 saturated carbocycles. The van der Waals surface area contributed by atoms with Crippen LogP contribution in [0.25, 0.3) is 0 Å². The fourth-order valence-electron chi connectivity index (χ4n) is 3.47. The number of aliphatic carboxylic acids is 2. The lowest BCUT2D eigenvalue weighted by molar-refractivity contribution is -0.187. The van der Waals surface area contributed by atoms with Crippen molar-refractivity contribution in [2.45, 2.75) is 38.5 Å². The molecule has 0 atom stereocenters. The molecule has 1 heterocycles. The maximum atomic E-state index is 12.0. The van der Waals surface area contributed by atoms with Gasteiger partial charge < -0.3 is 10.2 Å². The lowest BCUT2D eigenvalue weighted by Crippen LogP contribution is -2.67. The van der Waals surface area contributed by atoms with Gasteiger partial charge >= 0.3 is 11.9 Å². The van der Waals surface area contributed by atoms with E-state index in [0.717, 1.165) is 6.42 Å². The minimum atomic E-state index is -2.55. The van der Waals surface area contributed by atoms with Crippen LogP contribution in [0.2, 0.25) is 0 Å². The summed E-state index contributed by atoms with van der Waals surface area (Å²) in [6.07, 6.45) is 2.42. The Hall–Kier alpha value is -1.92. The Labute approximate surface area is 109 Å². The summed E-state index contributed by atoms with van der Waals surface area (Å²) < 4.78 is 0. The van der Waals surface area contributed by atoms with Crippen LogP contribution in [0.5, 0.6) is 0 Å². The molecule has 0 aromatic carbocycles. The molecule has 0 aromatic heterocycles. The number of hydrogen-bond donors (Lipinski definition) is 3. The molecule has 0 aromatic rings. The van der Waals surface area contributed by atoms with Gasteiger partial charge in [-0.15, -0.1) is 0 Å². The van der Waals surface area contributed by atoms with Crippen molar-refractivity contribution in [2.75, 3.05) is 0 Å². The standard InChI is InChI=1S/C12H15NO6/c14-7-6-11(4-2-1-3-5-11)12(9(16)17,10(18)19)8(15)13-7/h1-6H2,(H,16,17)(H,18,19)(H,13,14,15). The summed E-state index contributed by atoms with van der Waals surface area (Å²) >= 11 is 0. The fourth-order valence-corrected chi connectivity index (χ4v) is 3.47. The highest BCUT2D eigenvalue weighted by atomic mass is 16.4. The predicted octanol–water partition coefficient (Wildman–Crippen LogP) is 0.139. The average molecular weight is 269 g/mol. The quantitative estimate of drug-likeness (QED) is 0.484. The van der Waals surface area contributed by atoms with E-state index in [-0.39, 0.29) is 19.3 Å². The number of piperidine rings is 1. The first-order chi connectivity index (χ1) is 8.87. The van der Waals surface area contributed by atoms with Crippen LogP contribution in [0, 0.1) is 10.8 Å². The van der Waals surface area contributed by atoms with Gasteiger partial charge in [0, 0.05) is 11.8 Å². The van der Waals surface area contributed by atoms with Gasteiger partial charge in [-0.2, -0.15) is 0 Å². The topological polar surface area (TPSA) is 121 Å². The molecule has 0 unspecified atom stereocenters. The minimum Gasteiger partial charge on any atom is -0.480 e. The molecule has 7 heteroatoms. The number of carboxylic acids is 2. The molecular formula is C12H15NO6. The smallest absolute Gasteiger partial charge is 0.331 e. The van der Waals surface area contributed by atoms with Crippen LogP contribution in [0.3, 0.4) is 0 Å². The van der Waals surface area contributed by atoms with Crippen molar-refractivity contribution in [1.82, 2.24) is 5.32 Å². The Morgan fingerprint density at radius 3 is 2.00 bits per heavy atom. The van der Waals surface area contributed by atoms with E-state index < -0.39 is 34.6 Å². The molecule has 3 N–H and O–H groups in total. The van der Waals surface area contributed by atoms with E-state index in [9.17, 15) is 29.4 Å². The molecule has 7 nitrogen and oxygen atoms in total. The molecule has 2 amide bonds. The molecule has 0 bridgehead atoms. The third-order valence-electron chi connectivity index (χ3n) is 4.34. The van der Waals surface area contributed by atoms with Gasteiger partial charge in [-0.25, -0.2) is 0 Å². The summed E-state index contributed by atoms with van der Waals surface area (Å²) in [5.74, 6) is -5.19. The van der Waals surface area contributed by atoms with Gasteiger partial charge in [-0.05, 0) is 12.8 Å². The molecule has 104 valence electrons. The summed E-state index contributed by atoms with van der Waals surface area (Å²) in [5.41, 5.74) is -3.86. The van der Waals surface area contributed by atoms with E-state index in [1.165, 1.54) is 0 Å². The Morgan fingerprint density at radius 1 is 1.00 bits per heavy atom. The number of nitrogens with one attached hydrogen (secondary N) is 1.